The molecule has 2 aromatic rings. The van der Waals surface area contributed by atoms with E-state index in [-0.39, 0.29) is 28.9 Å². The van der Waals surface area contributed by atoms with Crippen LogP contribution in [0.2, 0.25) is 0 Å². The molecule has 1 saturated heterocycles. The van der Waals surface area contributed by atoms with Crippen molar-refractivity contribution >= 4 is 5.91 Å². The quantitative estimate of drug-likeness (QED) is 0.875. The van der Waals surface area contributed by atoms with Gasteiger partial charge in [0.15, 0.2) is 5.43 Å². The van der Waals surface area contributed by atoms with Gasteiger partial charge < -0.3 is 19.6 Å². The third kappa shape index (κ3) is 3.50. The molecular weight excluding hydrogens is 298 g/mol. The number of nitrogens with zero attached hydrogens (tertiary/aromatic N) is 1. The number of hydrogen-bond acceptors (Lipinski definition) is 5. The Balaban J connectivity index is 1.68. The Morgan fingerprint density at radius 2 is 2.22 bits per heavy atom. The average molecular weight is 317 g/mol. The molecule has 0 spiro atoms. The largest absolute Gasteiger partial charge is 0.379 e. The SMILES string of the molecule is Cc1cc(C[C@H]2COC[C@H]2NC(=O)c2c[nH]c(C)cc2=O)on1. The van der Waals surface area contributed by atoms with Crippen molar-refractivity contribution < 1.29 is 14.1 Å². The number of aromatic amines is 1. The summed E-state index contributed by atoms with van der Waals surface area (Å²) in [5.74, 6) is 0.474. The van der Waals surface area contributed by atoms with E-state index in [0.717, 1.165) is 11.5 Å². The minimum atomic E-state index is -0.388. The number of carbonyl (C=O) groups excluding carboxylic acids is 1. The van der Waals surface area contributed by atoms with Crippen LogP contribution >= 0.6 is 0 Å². The van der Waals surface area contributed by atoms with Crippen molar-refractivity contribution in [3.05, 3.63) is 51.3 Å². The Morgan fingerprint density at radius 3 is 2.91 bits per heavy atom. The highest BCUT2D eigenvalue weighted by Gasteiger charge is 2.31. The highest BCUT2D eigenvalue weighted by atomic mass is 16.5. The average Bonchev–Trinajstić information content (AvgIpc) is 3.09. The van der Waals surface area contributed by atoms with Gasteiger partial charge >= 0.3 is 0 Å². The van der Waals surface area contributed by atoms with Gasteiger partial charge in [-0.3, -0.25) is 9.59 Å². The van der Waals surface area contributed by atoms with Crippen molar-refractivity contribution in [1.82, 2.24) is 15.5 Å². The molecule has 122 valence electrons. The number of aryl methyl sites for hydroxylation is 2. The summed E-state index contributed by atoms with van der Waals surface area (Å²) < 4.78 is 10.7. The van der Waals surface area contributed by atoms with Crippen molar-refractivity contribution in [2.75, 3.05) is 13.2 Å². The zero-order valence-corrected chi connectivity index (χ0v) is 13.1. The summed E-state index contributed by atoms with van der Waals surface area (Å²) in [6, 6.07) is 3.13. The van der Waals surface area contributed by atoms with Crippen LogP contribution in [-0.4, -0.2) is 35.3 Å². The second-order valence-corrected chi connectivity index (χ2v) is 5.91. The van der Waals surface area contributed by atoms with Gasteiger partial charge in [0.05, 0.1) is 24.9 Å². The Morgan fingerprint density at radius 1 is 1.39 bits per heavy atom. The van der Waals surface area contributed by atoms with E-state index in [4.69, 9.17) is 9.26 Å². The summed E-state index contributed by atoms with van der Waals surface area (Å²) in [6.45, 7) is 4.59. The third-order valence-corrected chi connectivity index (χ3v) is 3.96. The summed E-state index contributed by atoms with van der Waals surface area (Å²) in [6.07, 6.45) is 2.08. The number of rotatable bonds is 4. The molecule has 3 heterocycles. The van der Waals surface area contributed by atoms with Crippen molar-refractivity contribution in [2.45, 2.75) is 26.3 Å². The monoisotopic (exact) mass is 317 g/mol. The summed E-state index contributed by atoms with van der Waals surface area (Å²) in [5.41, 5.74) is 1.36. The number of H-pyrrole nitrogens is 1. The van der Waals surface area contributed by atoms with Crippen molar-refractivity contribution in [3.63, 3.8) is 0 Å². The normalized spacial score (nSPS) is 20.6. The highest BCUT2D eigenvalue weighted by Crippen LogP contribution is 2.20. The van der Waals surface area contributed by atoms with Crippen molar-refractivity contribution in [2.24, 2.45) is 5.92 Å². The van der Waals surface area contributed by atoms with Crippen LogP contribution in [0, 0.1) is 19.8 Å². The van der Waals surface area contributed by atoms with Crippen molar-refractivity contribution in [3.8, 4) is 0 Å². The molecule has 7 heteroatoms. The molecule has 0 unspecified atom stereocenters. The minimum Gasteiger partial charge on any atom is -0.379 e. The topological polar surface area (TPSA) is 97.2 Å². The van der Waals surface area contributed by atoms with Gasteiger partial charge in [0.2, 0.25) is 0 Å². The molecule has 1 amide bonds. The standard InChI is InChI=1S/C16H19N3O4/c1-9-4-15(20)13(6-17-9)16(21)18-14-8-22-7-11(14)5-12-3-10(2)19-23-12/h3-4,6,11,14H,5,7-8H2,1-2H3,(H,17,20)(H,18,21)/t11-,14+/m0/s1. The van der Waals surface area contributed by atoms with Crippen LogP contribution in [0.3, 0.4) is 0 Å². The van der Waals surface area contributed by atoms with Gasteiger partial charge in [0.1, 0.15) is 11.3 Å². The lowest BCUT2D eigenvalue weighted by molar-refractivity contribution is 0.0923. The molecule has 23 heavy (non-hydrogen) atoms. The smallest absolute Gasteiger partial charge is 0.257 e. The predicted octanol–water partition coefficient (Wildman–Crippen LogP) is 0.967. The molecule has 1 fully saturated rings. The lowest BCUT2D eigenvalue weighted by Crippen LogP contribution is -2.42. The fourth-order valence-corrected chi connectivity index (χ4v) is 2.73. The van der Waals surface area contributed by atoms with Gasteiger partial charge in [-0.15, -0.1) is 0 Å². The van der Waals surface area contributed by atoms with E-state index < -0.39 is 0 Å². The number of carbonyl (C=O) groups is 1. The predicted molar refractivity (Wildman–Crippen MR) is 82.3 cm³/mol. The summed E-state index contributed by atoms with van der Waals surface area (Å²) in [4.78, 5) is 27.1. The molecule has 2 aromatic heterocycles. The molecule has 0 radical (unpaired) electrons. The van der Waals surface area contributed by atoms with E-state index in [1.165, 1.54) is 12.3 Å². The van der Waals surface area contributed by atoms with Crippen LogP contribution < -0.4 is 10.7 Å². The third-order valence-electron chi connectivity index (χ3n) is 3.96. The van der Waals surface area contributed by atoms with Crippen LogP contribution in [0.4, 0.5) is 0 Å². The molecule has 1 aliphatic heterocycles. The Bertz CT molecular complexity index is 765. The second kappa shape index (κ2) is 6.37. The first kappa shape index (κ1) is 15.5. The Hall–Kier alpha value is -2.41. The van der Waals surface area contributed by atoms with Crippen LogP contribution in [0.25, 0.3) is 0 Å². The maximum atomic E-state index is 12.3. The van der Waals surface area contributed by atoms with Gasteiger partial charge in [-0.05, 0) is 13.8 Å². The van der Waals surface area contributed by atoms with E-state index in [1.54, 1.807) is 6.92 Å². The maximum absolute atomic E-state index is 12.3. The van der Waals surface area contributed by atoms with Gasteiger partial charge in [0, 0.05) is 36.4 Å². The van der Waals surface area contributed by atoms with Gasteiger partial charge in [-0.2, -0.15) is 0 Å². The molecule has 7 nitrogen and oxygen atoms in total. The molecular formula is C16H19N3O4. The fourth-order valence-electron chi connectivity index (χ4n) is 2.73. The van der Waals surface area contributed by atoms with Gasteiger partial charge in [-0.25, -0.2) is 0 Å². The maximum Gasteiger partial charge on any atom is 0.257 e. The Labute approximate surface area is 133 Å². The lowest BCUT2D eigenvalue weighted by atomic mass is 9.98. The van der Waals surface area contributed by atoms with E-state index >= 15 is 0 Å². The first-order chi connectivity index (χ1) is 11.0. The van der Waals surface area contributed by atoms with E-state index in [9.17, 15) is 9.59 Å². The number of pyridine rings is 1. The number of ether oxygens (including phenoxy) is 1. The summed E-state index contributed by atoms with van der Waals surface area (Å²) in [5, 5.41) is 6.75. The van der Waals surface area contributed by atoms with Crippen LogP contribution in [0.5, 0.6) is 0 Å². The zero-order chi connectivity index (χ0) is 16.4. The fraction of sp³-hybridized carbons (Fsp3) is 0.438. The van der Waals surface area contributed by atoms with Crippen molar-refractivity contribution in [1.29, 1.82) is 0 Å². The molecule has 0 aliphatic carbocycles. The van der Waals surface area contributed by atoms with Crippen LogP contribution in [-0.2, 0) is 11.2 Å². The van der Waals surface area contributed by atoms with Gasteiger partial charge in [0.25, 0.3) is 5.91 Å². The molecule has 3 rings (SSSR count). The van der Waals surface area contributed by atoms with Crippen LogP contribution in [0.1, 0.15) is 27.5 Å². The number of hydrogen-bond donors (Lipinski definition) is 2. The molecule has 2 N–H and O–H groups in total. The Kier molecular flexibility index (Phi) is 4.29. The van der Waals surface area contributed by atoms with E-state index in [0.29, 0.717) is 25.3 Å². The molecule has 0 bridgehead atoms. The van der Waals surface area contributed by atoms with E-state index in [1.807, 2.05) is 13.0 Å². The molecule has 0 aromatic carbocycles. The lowest BCUT2D eigenvalue weighted by Gasteiger charge is -2.17. The minimum absolute atomic E-state index is 0.0934. The highest BCUT2D eigenvalue weighted by molar-refractivity contribution is 5.94. The number of amides is 1. The summed E-state index contributed by atoms with van der Waals surface area (Å²) >= 11 is 0. The zero-order valence-electron chi connectivity index (χ0n) is 13.1. The first-order valence-electron chi connectivity index (χ1n) is 7.53. The van der Waals surface area contributed by atoms with Gasteiger partial charge in [-0.1, -0.05) is 5.16 Å². The number of aromatic nitrogens is 2. The summed E-state index contributed by atoms with van der Waals surface area (Å²) in [7, 11) is 0. The first-order valence-corrected chi connectivity index (χ1v) is 7.53. The van der Waals surface area contributed by atoms with Crippen LogP contribution in [0.15, 0.2) is 27.6 Å². The number of nitrogens with one attached hydrogen (secondary N) is 2. The molecule has 1 aliphatic rings. The molecule has 2 atom stereocenters. The molecule has 0 saturated carbocycles. The second-order valence-electron chi connectivity index (χ2n) is 5.91. The van der Waals surface area contributed by atoms with E-state index in [2.05, 4.69) is 15.5 Å².